The number of aromatic nitrogens is 1. The fourth-order valence-corrected chi connectivity index (χ4v) is 1.57. The van der Waals surface area contributed by atoms with Gasteiger partial charge in [0.2, 0.25) is 5.91 Å². The van der Waals surface area contributed by atoms with Gasteiger partial charge in [0.1, 0.15) is 0 Å². The highest BCUT2D eigenvalue weighted by atomic mass is 16.4. The lowest BCUT2D eigenvalue weighted by atomic mass is 9.89. The Kier molecular flexibility index (Phi) is 5.40. The zero-order valence-electron chi connectivity index (χ0n) is 12.3. The van der Waals surface area contributed by atoms with Crippen LogP contribution < -0.4 is 5.32 Å². The maximum Gasteiger partial charge on any atom is 0.324 e. The number of hydrogen-bond donors (Lipinski definition) is 2. The summed E-state index contributed by atoms with van der Waals surface area (Å²) >= 11 is 0. The molecule has 114 valence electrons. The summed E-state index contributed by atoms with van der Waals surface area (Å²) in [5.74, 6) is -1.70. The highest BCUT2D eigenvalue weighted by Gasteiger charge is 2.31. The van der Waals surface area contributed by atoms with E-state index in [2.05, 4.69) is 10.3 Å². The van der Waals surface area contributed by atoms with Crippen molar-refractivity contribution in [2.75, 3.05) is 7.05 Å². The largest absolute Gasteiger partial charge is 0.481 e. The first-order valence-electron chi connectivity index (χ1n) is 6.39. The molecule has 0 aliphatic heterocycles. The average molecular weight is 293 g/mol. The summed E-state index contributed by atoms with van der Waals surface area (Å²) in [4.78, 5) is 39.7. The van der Waals surface area contributed by atoms with Gasteiger partial charge < -0.3 is 10.0 Å². The quantitative estimate of drug-likeness (QED) is 0.851. The molecular weight excluding hydrogens is 274 g/mol. The van der Waals surface area contributed by atoms with E-state index in [0.29, 0.717) is 6.54 Å². The Morgan fingerprint density at radius 1 is 1.29 bits per heavy atom. The van der Waals surface area contributed by atoms with E-state index in [9.17, 15) is 14.4 Å². The molecule has 0 aliphatic rings. The molecule has 1 aromatic rings. The van der Waals surface area contributed by atoms with Gasteiger partial charge in [0.25, 0.3) is 0 Å². The Balaban J connectivity index is 2.53. The lowest BCUT2D eigenvalue weighted by molar-refractivity contribution is -0.149. The molecule has 0 atom stereocenters. The van der Waals surface area contributed by atoms with E-state index in [1.54, 1.807) is 31.6 Å². The normalized spacial score (nSPS) is 10.8. The molecule has 21 heavy (non-hydrogen) atoms. The molecule has 0 aromatic carbocycles. The number of rotatable bonds is 5. The first kappa shape index (κ1) is 16.6. The minimum Gasteiger partial charge on any atom is -0.481 e. The van der Waals surface area contributed by atoms with Gasteiger partial charge in [0, 0.05) is 32.4 Å². The molecule has 0 aliphatic carbocycles. The summed E-state index contributed by atoms with van der Waals surface area (Å²) in [6, 6.07) is 2.95. The van der Waals surface area contributed by atoms with E-state index in [-0.39, 0.29) is 6.42 Å². The number of nitrogens with one attached hydrogen (secondary N) is 1. The van der Waals surface area contributed by atoms with Gasteiger partial charge >= 0.3 is 12.0 Å². The number of carbonyl (C=O) groups excluding carboxylic acids is 2. The second-order valence-corrected chi connectivity index (χ2v) is 5.43. The predicted octanol–water partition coefficient (Wildman–Crippen LogP) is 1.25. The van der Waals surface area contributed by atoms with Crippen molar-refractivity contribution < 1.29 is 19.5 Å². The molecular formula is C14H19N3O4. The molecule has 7 nitrogen and oxygen atoms in total. The summed E-state index contributed by atoms with van der Waals surface area (Å²) in [6.07, 6.45) is 2.96. The molecule has 7 heteroatoms. The third-order valence-corrected chi connectivity index (χ3v) is 2.94. The number of carbonyl (C=O) groups is 3. The van der Waals surface area contributed by atoms with Crippen molar-refractivity contribution in [2.45, 2.75) is 26.8 Å². The van der Waals surface area contributed by atoms with Crippen molar-refractivity contribution in [2.24, 2.45) is 5.41 Å². The van der Waals surface area contributed by atoms with Gasteiger partial charge in [0.05, 0.1) is 5.41 Å². The number of urea groups is 1. The van der Waals surface area contributed by atoms with Crippen LogP contribution in [0.5, 0.6) is 0 Å². The number of pyridine rings is 1. The minimum atomic E-state index is -1.21. The fraction of sp³-hybridized carbons (Fsp3) is 0.429. The number of carboxylic acid groups (broad SMARTS) is 1. The maximum atomic E-state index is 11.8. The zero-order chi connectivity index (χ0) is 16.0. The lowest BCUT2D eigenvalue weighted by Gasteiger charge is -2.20. The van der Waals surface area contributed by atoms with E-state index < -0.39 is 23.3 Å². The van der Waals surface area contributed by atoms with Crippen molar-refractivity contribution in [1.29, 1.82) is 0 Å². The number of hydrogen-bond acceptors (Lipinski definition) is 4. The van der Waals surface area contributed by atoms with Gasteiger partial charge in [-0.2, -0.15) is 0 Å². The van der Waals surface area contributed by atoms with Gasteiger partial charge in [-0.1, -0.05) is 0 Å². The molecule has 1 heterocycles. The molecule has 0 spiro atoms. The molecule has 0 saturated heterocycles. The Labute approximate surface area is 123 Å². The number of nitrogens with zero attached hydrogens (tertiary/aromatic N) is 2. The standard InChI is InChI=1S/C14H19N3O4/c1-14(2,12(19)20)8-11(18)16-13(21)17(3)9-10-4-6-15-7-5-10/h4-7H,8-9H2,1-3H3,(H,19,20)(H,16,18,21). The summed E-state index contributed by atoms with van der Waals surface area (Å²) in [7, 11) is 1.55. The zero-order valence-corrected chi connectivity index (χ0v) is 12.3. The van der Waals surface area contributed by atoms with Gasteiger partial charge in [-0.3, -0.25) is 19.9 Å². The SMILES string of the molecule is CN(Cc1ccncc1)C(=O)NC(=O)CC(C)(C)C(=O)O. The highest BCUT2D eigenvalue weighted by Crippen LogP contribution is 2.20. The topological polar surface area (TPSA) is 99.6 Å². The van der Waals surface area contributed by atoms with Crippen LogP contribution in [0.2, 0.25) is 0 Å². The Morgan fingerprint density at radius 2 is 1.86 bits per heavy atom. The molecule has 0 radical (unpaired) electrons. The van der Waals surface area contributed by atoms with E-state index in [0.717, 1.165) is 5.56 Å². The molecule has 0 bridgehead atoms. The van der Waals surface area contributed by atoms with Crippen molar-refractivity contribution >= 4 is 17.9 Å². The van der Waals surface area contributed by atoms with Crippen LogP contribution >= 0.6 is 0 Å². The van der Waals surface area contributed by atoms with E-state index >= 15 is 0 Å². The van der Waals surface area contributed by atoms with Crippen LogP contribution in [-0.4, -0.2) is 39.9 Å². The number of amides is 3. The maximum absolute atomic E-state index is 11.8. The van der Waals surface area contributed by atoms with Crippen LogP contribution in [0.3, 0.4) is 0 Å². The van der Waals surface area contributed by atoms with Crippen LogP contribution in [0, 0.1) is 5.41 Å². The van der Waals surface area contributed by atoms with E-state index in [4.69, 9.17) is 5.11 Å². The Morgan fingerprint density at radius 3 is 2.38 bits per heavy atom. The number of aliphatic carboxylic acids is 1. The Hall–Kier alpha value is -2.44. The molecule has 0 fully saturated rings. The van der Waals surface area contributed by atoms with Crippen molar-refractivity contribution in [1.82, 2.24) is 15.2 Å². The second kappa shape index (κ2) is 6.83. The van der Waals surface area contributed by atoms with Gasteiger partial charge in [0.15, 0.2) is 0 Å². The molecule has 0 unspecified atom stereocenters. The van der Waals surface area contributed by atoms with Crippen molar-refractivity contribution in [3.05, 3.63) is 30.1 Å². The molecule has 0 saturated carbocycles. The van der Waals surface area contributed by atoms with Crippen LogP contribution in [-0.2, 0) is 16.1 Å². The van der Waals surface area contributed by atoms with E-state index in [1.165, 1.54) is 18.7 Å². The van der Waals surface area contributed by atoms with Crippen LogP contribution in [0.25, 0.3) is 0 Å². The van der Waals surface area contributed by atoms with Gasteiger partial charge in [-0.25, -0.2) is 4.79 Å². The van der Waals surface area contributed by atoms with Crippen LogP contribution in [0.4, 0.5) is 4.79 Å². The van der Waals surface area contributed by atoms with Crippen molar-refractivity contribution in [3.8, 4) is 0 Å². The number of imide groups is 1. The van der Waals surface area contributed by atoms with Gasteiger partial charge in [-0.05, 0) is 31.5 Å². The molecule has 3 amide bonds. The summed E-state index contributed by atoms with van der Waals surface area (Å²) in [5, 5.41) is 11.1. The Bertz CT molecular complexity index is 528. The van der Waals surface area contributed by atoms with Crippen LogP contribution in [0.15, 0.2) is 24.5 Å². The monoisotopic (exact) mass is 293 g/mol. The summed E-state index contributed by atoms with van der Waals surface area (Å²) in [5.41, 5.74) is -0.338. The second-order valence-electron chi connectivity index (χ2n) is 5.43. The first-order chi connectivity index (χ1) is 9.72. The lowest BCUT2D eigenvalue weighted by Crippen LogP contribution is -2.42. The fourth-order valence-electron chi connectivity index (χ4n) is 1.57. The number of carboxylic acids is 1. The summed E-state index contributed by atoms with van der Waals surface area (Å²) in [6.45, 7) is 3.18. The first-order valence-corrected chi connectivity index (χ1v) is 6.39. The smallest absolute Gasteiger partial charge is 0.324 e. The third kappa shape index (κ3) is 5.21. The van der Waals surface area contributed by atoms with Crippen LogP contribution in [0.1, 0.15) is 25.8 Å². The van der Waals surface area contributed by atoms with Crippen molar-refractivity contribution in [3.63, 3.8) is 0 Å². The molecule has 1 rings (SSSR count). The highest BCUT2D eigenvalue weighted by molar-refractivity contribution is 5.96. The molecule has 1 aromatic heterocycles. The van der Waals surface area contributed by atoms with E-state index in [1.807, 2.05) is 0 Å². The third-order valence-electron chi connectivity index (χ3n) is 2.94. The minimum absolute atomic E-state index is 0.267. The van der Waals surface area contributed by atoms with Gasteiger partial charge in [-0.15, -0.1) is 0 Å². The predicted molar refractivity (Wildman–Crippen MR) is 75.3 cm³/mol. The summed E-state index contributed by atoms with van der Waals surface area (Å²) < 4.78 is 0. The molecule has 2 N–H and O–H groups in total. The average Bonchev–Trinajstić information content (AvgIpc) is 2.38.